The van der Waals surface area contributed by atoms with Crippen molar-refractivity contribution in [3.05, 3.63) is 64.3 Å². The largest absolute Gasteiger partial charge is 0.490 e. The molecule has 0 amide bonds. The number of likely N-dealkylation sites (N-methyl/N-ethyl adjacent to an activating group) is 1. The summed E-state index contributed by atoms with van der Waals surface area (Å²) in [5.41, 5.74) is 3.22. The van der Waals surface area contributed by atoms with Gasteiger partial charge in [0.15, 0.2) is 11.6 Å². The van der Waals surface area contributed by atoms with Crippen molar-refractivity contribution in [2.45, 2.75) is 24.8 Å². The van der Waals surface area contributed by atoms with Crippen LogP contribution in [0.2, 0.25) is 5.02 Å². The van der Waals surface area contributed by atoms with Crippen LogP contribution in [0.15, 0.2) is 47.5 Å². The minimum Gasteiger partial charge on any atom is -0.490 e. The van der Waals surface area contributed by atoms with E-state index in [0.29, 0.717) is 36.0 Å². The van der Waals surface area contributed by atoms with Gasteiger partial charge in [0.05, 0.1) is 23.7 Å². The van der Waals surface area contributed by atoms with Gasteiger partial charge in [-0.25, -0.2) is 13.4 Å². The Bertz CT molecular complexity index is 1360. The highest BCUT2D eigenvalue weighted by Gasteiger charge is 2.27. The number of hydrogen-bond donors (Lipinski definition) is 1. The number of aromatic nitrogens is 1. The Labute approximate surface area is 203 Å². The SMILES string of the molecule is Cc1c(Cl)cccc1S(=O)(=O)Nc1ncc2c(c1OCc1ccc3c(c1)OCCN3C)OCC2. The van der Waals surface area contributed by atoms with Crippen LogP contribution in [0, 0.1) is 6.92 Å². The van der Waals surface area contributed by atoms with Crippen LogP contribution in [-0.2, 0) is 23.1 Å². The van der Waals surface area contributed by atoms with Crippen molar-refractivity contribution in [2.24, 2.45) is 0 Å². The summed E-state index contributed by atoms with van der Waals surface area (Å²) in [4.78, 5) is 6.56. The molecule has 1 N–H and O–H groups in total. The van der Waals surface area contributed by atoms with E-state index in [9.17, 15) is 8.42 Å². The van der Waals surface area contributed by atoms with Crippen molar-refractivity contribution in [3.8, 4) is 17.2 Å². The van der Waals surface area contributed by atoms with E-state index in [2.05, 4.69) is 14.6 Å². The van der Waals surface area contributed by atoms with Gasteiger partial charge in [-0.2, -0.15) is 0 Å². The number of pyridine rings is 1. The third kappa shape index (κ3) is 4.21. The monoisotopic (exact) mass is 501 g/mol. The molecule has 8 nitrogen and oxygen atoms in total. The summed E-state index contributed by atoms with van der Waals surface area (Å²) in [6, 6.07) is 10.6. The molecule has 0 aliphatic carbocycles. The zero-order valence-electron chi connectivity index (χ0n) is 18.8. The number of halogens is 1. The highest BCUT2D eigenvalue weighted by molar-refractivity contribution is 7.92. The van der Waals surface area contributed by atoms with Crippen LogP contribution >= 0.6 is 11.6 Å². The predicted molar refractivity (Wildman–Crippen MR) is 130 cm³/mol. The van der Waals surface area contributed by atoms with Crippen LogP contribution in [0.4, 0.5) is 11.5 Å². The van der Waals surface area contributed by atoms with E-state index >= 15 is 0 Å². The number of anilines is 2. The molecule has 0 radical (unpaired) electrons. The smallest absolute Gasteiger partial charge is 0.263 e. The van der Waals surface area contributed by atoms with Crippen molar-refractivity contribution in [1.29, 1.82) is 0 Å². The van der Waals surface area contributed by atoms with Gasteiger partial charge in [-0.05, 0) is 42.3 Å². The van der Waals surface area contributed by atoms with E-state index in [0.717, 1.165) is 29.1 Å². The van der Waals surface area contributed by atoms with Crippen molar-refractivity contribution in [3.63, 3.8) is 0 Å². The van der Waals surface area contributed by atoms with Crippen LogP contribution in [0.25, 0.3) is 0 Å². The molecule has 0 bridgehead atoms. The molecule has 2 aromatic carbocycles. The topological polar surface area (TPSA) is 90.0 Å². The van der Waals surface area contributed by atoms with Gasteiger partial charge >= 0.3 is 0 Å². The number of sulfonamides is 1. The Morgan fingerprint density at radius 3 is 2.91 bits per heavy atom. The molecule has 3 heterocycles. The highest BCUT2D eigenvalue weighted by Crippen LogP contribution is 2.42. The molecule has 0 fully saturated rings. The number of benzene rings is 2. The fourth-order valence-corrected chi connectivity index (χ4v) is 5.54. The van der Waals surface area contributed by atoms with Crippen LogP contribution in [0.3, 0.4) is 0 Å². The van der Waals surface area contributed by atoms with E-state index in [-0.39, 0.29) is 23.1 Å². The lowest BCUT2D eigenvalue weighted by molar-refractivity contribution is 0.276. The molecule has 1 aromatic heterocycles. The van der Waals surface area contributed by atoms with Gasteiger partial charge in [0.25, 0.3) is 10.0 Å². The first-order chi connectivity index (χ1) is 16.3. The van der Waals surface area contributed by atoms with E-state index in [1.54, 1.807) is 25.3 Å². The zero-order chi connectivity index (χ0) is 23.9. The third-order valence-corrected chi connectivity index (χ3v) is 7.81. The van der Waals surface area contributed by atoms with Gasteiger partial charge in [0.2, 0.25) is 5.75 Å². The van der Waals surface area contributed by atoms with E-state index in [4.69, 9.17) is 25.8 Å². The number of rotatable bonds is 6. The number of fused-ring (bicyclic) bond motifs is 2. The number of hydrogen-bond acceptors (Lipinski definition) is 7. The Morgan fingerprint density at radius 1 is 1.21 bits per heavy atom. The molecule has 0 unspecified atom stereocenters. The Balaban J connectivity index is 1.45. The molecule has 178 valence electrons. The number of ether oxygens (including phenoxy) is 3. The first-order valence-corrected chi connectivity index (χ1v) is 12.7. The maximum absolute atomic E-state index is 13.2. The summed E-state index contributed by atoms with van der Waals surface area (Å²) >= 11 is 6.14. The fourth-order valence-electron chi connectivity index (χ4n) is 4.03. The van der Waals surface area contributed by atoms with Crippen LogP contribution in [0.5, 0.6) is 17.2 Å². The van der Waals surface area contributed by atoms with Crippen molar-refractivity contribution in [1.82, 2.24) is 4.98 Å². The first-order valence-electron chi connectivity index (χ1n) is 10.9. The van der Waals surface area contributed by atoms with Crippen molar-refractivity contribution >= 4 is 33.1 Å². The summed E-state index contributed by atoms with van der Waals surface area (Å²) in [6.45, 7) is 3.77. The van der Waals surface area contributed by atoms with Gasteiger partial charge in [-0.3, -0.25) is 4.72 Å². The first kappa shape index (κ1) is 22.6. The number of nitrogens with one attached hydrogen (secondary N) is 1. The molecule has 0 saturated carbocycles. The molecule has 5 rings (SSSR count). The minimum absolute atomic E-state index is 0.0639. The molecule has 34 heavy (non-hydrogen) atoms. The van der Waals surface area contributed by atoms with Crippen LogP contribution in [0.1, 0.15) is 16.7 Å². The average molecular weight is 502 g/mol. The highest BCUT2D eigenvalue weighted by atomic mass is 35.5. The molecule has 10 heteroatoms. The van der Waals surface area contributed by atoms with Gasteiger partial charge in [0.1, 0.15) is 19.0 Å². The maximum atomic E-state index is 13.2. The molecular weight excluding hydrogens is 478 g/mol. The van der Waals surface area contributed by atoms with Crippen LogP contribution < -0.4 is 23.8 Å². The molecule has 2 aliphatic rings. The quantitative estimate of drug-likeness (QED) is 0.541. The lowest BCUT2D eigenvalue weighted by Crippen LogP contribution is -2.28. The molecule has 0 spiro atoms. The van der Waals surface area contributed by atoms with Crippen molar-refractivity contribution < 1.29 is 22.6 Å². The molecular formula is C24H24ClN3O5S. The second-order valence-electron chi connectivity index (χ2n) is 8.22. The second-order valence-corrected chi connectivity index (χ2v) is 10.3. The standard InChI is InChI=1S/C24H24ClN3O5S/c1-15-18(25)4-3-5-21(15)34(29,30)27-24-23(22-17(13-26-24)8-10-32-22)33-14-16-6-7-19-20(12-16)31-11-9-28(19)2/h3-7,12-13H,8-11,14H2,1-2H3,(H,26,27). The summed E-state index contributed by atoms with van der Waals surface area (Å²) in [7, 11) is -1.94. The minimum atomic E-state index is -3.97. The summed E-state index contributed by atoms with van der Waals surface area (Å²) in [6.07, 6.45) is 2.29. The van der Waals surface area contributed by atoms with E-state index < -0.39 is 10.0 Å². The van der Waals surface area contributed by atoms with E-state index in [1.165, 1.54) is 6.07 Å². The van der Waals surface area contributed by atoms with Gasteiger partial charge < -0.3 is 19.1 Å². The van der Waals surface area contributed by atoms with Gasteiger partial charge in [0, 0.05) is 30.3 Å². The summed E-state index contributed by atoms with van der Waals surface area (Å²) < 4.78 is 46.6. The van der Waals surface area contributed by atoms with Crippen molar-refractivity contribution in [2.75, 3.05) is 36.4 Å². The Kier molecular flexibility index (Phi) is 5.91. The fraction of sp³-hybridized carbons (Fsp3) is 0.292. The maximum Gasteiger partial charge on any atom is 0.263 e. The molecule has 2 aliphatic heterocycles. The normalized spacial score (nSPS) is 14.6. The molecule has 0 saturated heterocycles. The summed E-state index contributed by atoms with van der Waals surface area (Å²) in [5, 5.41) is 0.366. The van der Waals surface area contributed by atoms with E-state index in [1.807, 2.05) is 25.2 Å². The predicted octanol–water partition coefficient (Wildman–Crippen LogP) is 4.19. The van der Waals surface area contributed by atoms with Gasteiger partial charge in [-0.1, -0.05) is 23.7 Å². The molecule has 0 atom stereocenters. The summed E-state index contributed by atoms with van der Waals surface area (Å²) in [5.74, 6) is 1.62. The second kappa shape index (κ2) is 8.88. The Hall–Kier alpha value is -3.17. The average Bonchev–Trinajstić information content (AvgIpc) is 3.29. The lowest BCUT2D eigenvalue weighted by atomic mass is 10.1. The third-order valence-electron chi connectivity index (χ3n) is 5.92. The van der Waals surface area contributed by atoms with Crippen LogP contribution in [-0.4, -0.2) is 40.2 Å². The Morgan fingerprint density at radius 2 is 2.06 bits per heavy atom. The van der Waals surface area contributed by atoms with Gasteiger partial charge in [-0.15, -0.1) is 0 Å². The zero-order valence-corrected chi connectivity index (χ0v) is 20.4. The number of nitrogens with zero attached hydrogens (tertiary/aromatic N) is 2. The molecule has 3 aromatic rings. The lowest BCUT2D eigenvalue weighted by Gasteiger charge is -2.28.